The van der Waals surface area contributed by atoms with Crippen molar-refractivity contribution in [3.63, 3.8) is 0 Å². The lowest BCUT2D eigenvalue weighted by molar-refractivity contribution is -0.178. The number of aliphatic hydroxyl groups is 2. The van der Waals surface area contributed by atoms with Crippen LogP contribution in [0, 0.1) is 17.8 Å². The highest BCUT2D eigenvalue weighted by molar-refractivity contribution is 5.96. The minimum atomic E-state index is -1.67. The maximum absolute atomic E-state index is 14.2. The summed E-state index contributed by atoms with van der Waals surface area (Å²) < 4.78 is 11.0. The number of aliphatic hydroxyl groups excluding tert-OH is 2. The molecule has 268 valence electrons. The summed E-state index contributed by atoms with van der Waals surface area (Å²) in [6, 6.07) is 3.31. The van der Waals surface area contributed by atoms with Crippen LogP contribution in [0.2, 0.25) is 0 Å². The lowest BCUT2D eigenvalue weighted by Crippen LogP contribution is -2.61. The van der Waals surface area contributed by atoms with Crippen molar-refractivity contribution in [3.05, 3.63) is 35.9 Å². The van der Waals surface area contributed by atoms with Crippen molar-refractivity contribution in [2.24, 2.45) is 17.8 Å². The number of likely N-dealkylation sites (N-methyl/N-ethyl adjacent to an activating group) is 1. The fourth-order valence-electron chi connectivity index (χ4n) is 5.20. The van der Waals surface area contributed by atoms with E-state index in [-0.39, 0.29) is 31.1 Å². The summed E-state index contributed by atoms with van der Waals surface area (Å²) in [4.78, 5) is 82.7. The maximum atomic E-state index is 14.2. The van der Waals surface area contributed by atoms with E-state index in [1.807, 2.05) is 27.7 Å². The largest absolute Gasteiger partial charge is 0.450 e. The van der Waals surface area contributed by atoms with Gasteiger partial charge in [-0.2, -0.15) is 0 Å². The molecule has 0 saturated carbocycles. The van der Waals surface area contributed by atoms with Gasteiger partial charge in [0.15, 0.2) is 12.1 Å². The van der Waals surface area contributed by atoms with Crippen LogP contribution in [0.25, 0.3) is 0 Å². The van der Waals surface area contributed by atoms with Crippen molar-refractivity contribution in [3.8, 4) is 0 Å². The molecule has 0 radical (unpaired) electrons. The van der Waals surface area contributed by atoms with Crippen molar-refractivity contribution in [2.75, 3.05) is 13.7 Å². The number of ether oxygens (including phenoxy) is 2. The highest BCUT2D eigenvalue weighted by atomic mass is 16.6. The summed E-state index contributed by atoms with van der Waals surface area (Å²) in [5.74, 6) is -6.23. The molecule has 14 nitrogen and oxygen atoms in total. The number of esters is 2. The second kappa shape index (κ2) is 18.5. The highest BCUT2D eigenvalue weighted by Gasteiger charge is 2.40. The quantitative estimate of drug-likeness (QED) is 0.229. The number of amides is 4. The van der Waals surface area contributed by atoms with Crippen LogP contribution in [0.1, 0.15) is 66.9 Å². The van der Waals surface area contributed by atoms with Crippen molar-refractivity contribution in [1.82, 2.24) is 20.9 Å². The molecule has 1 fully saturated rings. The molecule has 1 aliphatic rings. The van der Waals surface area contributed by atoms with Gasteiger partial charge in [-0.05, 0) is 37.2 Å². The Morgan fingerprint density at radius 2 is 1.33 bits per heavy atom. The third-order valence-corrected chi connectivity index (χ3v) is 7.87. The first-order valence-corrected chi connectivity index (χ1v) is 16.4. The van der Waals surface area contributed by atoms with Gasteiger partial charge in [0.1, 0.15) is 18.1 Å². The number of carbonyl (C=O) groups excluding carboxylic acids is 6. The van der Waals surface area contributed by atoms with E-state index in [4.69, 9.17) is 9.47 Å². The molecule has 1 saturated heterocycles. The number of hydrogen-bond donors (Lipinski definition) is 5. The second-order valence-corrected chi connectivity index (χ2v) is 13.5. The SMILES string of the molecule is CC(C)C[C@@H]1OC(=O)[C@H](C(C)C)OC(=O)[C@H](CO)NC(=O)[C@H]([C@@H](C)O)NC(=O)[C@H](CC(C)C)N(C)C(=O)[C@H](Cc2ccccc2)NC1=O. The minimum absolute atomic E-state index is 0.0433. The zero-order valence-electron chi connectivity index (χ0n) is 29.1. The average molecular weight is 677 g/mol. The van der Waals surface area contributed by atoms with E-state index in [1.165, 1.54) is 18.9 Å². The number of hydrogen-bond acceptors (Lipinski definition) is 10. The molecule has 2 rings (SSSR count). The standard InChI is InChI=1S/C34H52N4O10/c1-18(2)14-25-29(41)37-27(21(7)40)31(43)36-24(17-39)33(45)48-28(20(5)6)34(46)47-26(15-19(3)4)30(42)35-23(32(44)38(25)8)16-22-12-10-9-11-13-22/h9-13,18-21,23-28,39-40H,14-17H2,1-8H3,(H,35,42)(H,36,43)(H,37,41)/t21-,23+,24+,25+,26+,27+,28+/m1/s1. The van der Waals surface area contributed by atoms with Crippen LogP contribution in [0.15, 0.2) is 30.3 Å². The van der Waals surface area contributed by atoms with Crippen molar-refractivity contribution in [2.45, 2.75) is 110 Å². The Morgan fingerprint density at radius 1 is 0.750 bits per heavy atom. The lowest BCUT2D eigenvalue weighted by Gasteiger charge is -2.34. The van der Waals surface area contributed by atoms with Crippen molar-refractivity contribution in [1.29, 1.82) is 0 Å². The predicted octanol–water partition coefficient (Wildman–Crippen LogP) is 0.469. The molecular weight excluding hydrogens is 624 g/mol. The van der Waals surface area contributed by atoms with Gasteiger partial charge >= 0.3 is 11.9 Å². The molecule has 0 aliphatic carbocycles. The van der Waals surface area contributed by atoms with Crippen molar-refractivity contribution < 1.29 is 48.5 Å². The molecule has 4 amide bonds. The number of benzene rings is 1. The first kappa shape index (κ1) is 40.1. The number of rotatable bonds is 9. The van der Waals surface area contributed by atoms with Crippen molar-refractivity contribution >= 4 is 35.6 Å². The van der Waals surface area contributed by atoms with Gasteiger partial charge in [-0.15, -0.1) is 0 Å². The van der Waals surface area contributed by atoms with Crippen LogP contribution >= 0.6 is 0 Å². The summed E-state index contributed by atoms with van der Waals surface area (Å²) in [5, 5.41) is 27.9. The number of cyclic esters (lactones) is 2. The lowest BCUT2D eigenvalue weighted by atomic mass is 9.98. The fourth-order valence-corrected chi connectivity index (χ4v) is 5.20. The fraction of sp³-hybridized carbons (Fsp3) is 0.647. The molecular formula is C34H52N4O10. The molecule has 0 aromatic heterocycles. The van der Waals surface area contributed by atoms with Crippen LogP contribution in [0.3, 0.4) is 0 Å². The van der Waals surface area contributed by atoms with Gasteiger partial charge < -0.3 is 40.5 Å². The third-order valence-electron chi connectivity index (χ3n) is 7.87. The Balaban J connectivity index is 2.69. The van der Waals surface area contributed by atoms with E-state index in [1.54, 1.807) is 44.2 Å². The Hall–Kier alpha value is -4.04. The Bertz CT molecular complexity index is 1270. The number of nitrogens with zero attached hydrogens (tertiary/aromatic N) is 1. The second-order valence-electron chi connectivity index (χ2n) is 13.5. The summed E-state index contributed by atoms with van der Waals surface area (Å²) in [7, 11) is 1.41. The monoisotopic (exact) mass is 676 g/mol. The van der Waals surface area contributed by atoms with Gasteiger partial charge in [0, 0.05) is 19.4 Å². The smallest absolute Gasteiger partial charge is 0.348 e. The van der Waals surface area contributed by atoms with Crippen LogP contribution in [0.4, 0.5) is 0 Å². The highest BCUT2D eigenvalue weighted by Crippen LogP contribution is 2.18. The molecule has 1 aromatic carbocycles. The van der Waals surface area contributed by atoms with E-state index in [9.17, 15) is 39.0 Å². The van der Waals surface area contributed by atoms with Gasteiger partial charge in [0.25, 0.3) is 5.91 Å². The number of carbonyl (C=O) groups is 6. The molecule has 1 aromatic rings. The summed E-state index contributed by atoms with van der Waals surface area (Å²) >= 11 is 0. The Labute approximate surface area is 282 Å². The first-order chi connectivity index (χ1) is 22.5. The Morgan fingerprint density at radius 3 is 1.85 bits per heavy atom. The predicted molar refractivity (Wildman–Crippen MR) is 175 cm³/mol. The molecule has 14 heteroatoms. The van der Waals surface area contributed by atoms with Gasteiger partial charge in [-0.25, -0.2) is 9.59 Å². The van der Waals surface area contributed by atoms with Gasteiger partial charge in [-0.1, -0.05) is 71.9 Å². The summed E-state index contributed by atoms with van der Waals surface area (Å²) in [6.07, 6.45) is -4.08. The first-order valence-electron chi connectivity index (χ1n) is 16.4. The van der Waals surface area contributed by atoms with E-state index in [2.05, 4.69) is 16.0 Å². The molecule has 7 atom stereocenters. The zero-order valence-corrected chi connectivity index (χ0v) is 29.1. The van der Waals surface area contributed by atoms with Crippen LogP contribution < -0.4 is 16.0 Å². The van der Waals surface area contributed by atoms with Crippen LogP contribution in [-0.4, -0.2) is 107 Å². The molecule has 5 N–H and O–H groups in total. The average Bonchev–Trinajstić information content (AvgIpc) is 3.01. The van der Waals surface area contributed by atoms with Crippen LogP contribution in [0.5, 0.6) is 0 Å². The summed E-state index contributed by atoms with van der Waals surface area (Å²) in [5.41, 5.74) is 0.713. The zero-order chi connectivity index (χ0) is 36.3. The molecule has 0 unspecified atom stereocenters. The molecule has 0 bridgehead atoms. The Kier molecular flexibility index (Phi) is 15.5. The van der Waals surface area contributed by atoms with E-state index >= 15 is 0 Å². The molecule has 48 heavy (non-hydrogen) atoms. The topological polar surface area (TPSA) is 201 Å². The van der Waals surface area contributed by atoms with E-state index in [0.29, 0.717) is 5.56 Å². The van der Waals surface area contributed by atoms with Gasteiger partial charge in [0.05, 0.1) is 12.7 Å². The van der Waals surface area contributed by atoms with Gasteiger partial charge in [-0.3, -0.25) is 19.2 Å². The van der Waals surface area contributed by atoms with Crippen LogP contribution in [-0.2, 0) is 44.7 Å². The molecule has 1 aliphatic heterocycles. The minimum Gasteiger partial charge on any atom is -0.450 e. The maximum Gasteiger partial charge on any atom is 0.348 e. The molecule has 1 heterocycles. The summed E-state index contributed by atoms with van der Waals surface area (Å²) in [6.45, 7) is 10.8. The third kappa shape index (κ3) is 11.6. The molecule has 0 spiro atoms. The number of nitrogens with one attached hydrogen (secondary N) is 3. The normalized spacial score (nSPS) is 26.3. The van der Waals surface area contributed by atoms with E-state index in [0.717, 1.165) is 0 Å². The van der Waals surface area contributed by atoms with E-state index < -0.39 is 90.6 Å². The van der Waals surface area contributed by atoms with Gasteiger partial charge in [0.2, 0.25) is 23.8 Å².